The Hall–Kier alpha value is -4.29. The summed E-state index contributed by atoms with van der Waals surface area (Å²) in [6.07, 6.45) is 9.73. The minimum Gasteiger partial charge on any atom is -0.354 e. The molecule has 0 aliphatic carbocycles. The van der Waals surface area contributed by atoms with Crippen molar-refractivity contribution in [3.63, 3.8) is 0 Å². The molecule has 0 radical (unpaired) electrons. The number of aromatic amines is 1. The number of nitrogens with zero attached hydrogens (tertiary/aromatic N) is 2. The Morgan fingerprint density at radius 1 is 0.860 bits per heavy atom. The van der Waals surface area contributed by atoms with E-state index in [2.05, 4.69) is 88.0 Å². The predicted molar refractivity (Wildman–Crippen MR) is 176 cm³/mol. The third kappa shape index (κ3) is 7.57. The fourth-order valence-electron chi connectivity index (χ4n) is 5.75. The lowest BCUT2D eigenvalue weighted by Gasteiger charge is -2.24. The van der Waals surface area contributed by atoms with Gasteiger partial charge in [0, 0.05) is 35.2 Å². The third-order valence-electron chi connectivity index (χ3n) is 8.23. The van der Waals surface area contributed by atoms with E-state index in [0.717, 1.165) is 61.2 Å². The molecule has 2 aromatic carbocycles. The predicted octanol–water partition coefficient (Wildman–Crippen LogP) is 6.99. The highest BCUT2D eigenvalue weighted by Crippen LogP contribution is 2.35. The smallest absolute Gasteiger partial charge is 0.230 e. The average Bonchev–Trinajstić information content (AvgIpc) is 3.37. The maximum absolute atomic E-state index is 13.4. The number of H-pyrrole nitrogens is 1. The standard InChI is InChI=1S/C37H43N5O/c1-26-21-27(2)23-29(22-26)35-32(15-20-38-16-7-5-9-28-13-18-39-19-14-28)33-24-30(11-12-34(33)42-35)37(3,4)36(43)41-25-31-10-6-8-17-40-31/h6,8,10-14,17-19,21-24,38,42H,5,7,9,15-16,20,25H2,1-4H3,(H,41,43). The molecule has 5 aromatic rings. The molecule has 0 atom stereocenters. The van der Waals surface area contributed by atoms with Crippen molar-refractivity contribution in [2.75, 3.05) is 13.1 Å². The first kappa shape index (κ1) is 30.2. The number of nitrogens with one attached hydrogen (secondary N) is 3. The summed E-state index contributed by atoms with van der Waals surface area (Å²) in [5, 5.41) is 7.94. The number of benzene rings is 2. The van der Waals surface area contributed by atoms with Crippen molar-refractivity contribution in [2.24, 2.45) is 0 Å². The van der Waals surface area contributed by atoms with Crippen LogP contribution >= 0.6 is 0 Å². The largest absolute Gasteiger partial charge is 0.354 e. The molecular weight excluding hydrogens is 530 g/mol. The number of rotatable bonds is 13. The number of hydrogen-bond acceptors (Lipinski definition) is 4. The van der Waals surface area contributed by atoms with Gasteiger partial charge in [0.05, 0.1) is 17.7 Å². The number of unbranched alkanes of at least 4 members (excludes halogenated alkanes) is 1. The first-order valence-electron chi connectivity index (χ1n) is 15.3. The first-order chi connectivity index (χ1) is 20.8. The zero-order valence-electron chi connectivity index (χ0n) is 25.8. The number of pyridine rings is 2. The van der Waals surface area contributed by atoms with Crippen LogP contribution < -0.4 is 10.6 Å². The Kier molecular flexibility index (Phi) is 9.68. The van der Waals surface area contributed by atoms with E-state index in [1.807, 2.05) is 44.4 Å². The third-order valence-corrected chi connectivity index (χ3v) is 8.23. The summed E-state index contributed by atoms with van der Waals surface area (Å²) >= 11 is 0. The second-order valence-electron chi connectivity index (χ2n) is 12.1. The van der Waals surface area contributed by atoms with Crippen molar-refractivity contribution in [3.8, 4) is 11.3 Å². The molecule has 5 rings (SSSR count). The molecular formula is C37H43N5O. The van der Waals surface area contributed by atoms with Crippen LogP contribution in [-0.2, 0) is 29.6 Å². The number of carbonyl (C=O) groups is 1. The first-order valence-corrected chi connectivity index (χ1v) is 15.3. The SMILES string of the molecule is Cc1cc(C)cc(-c2[nH]c3ccc(C(C)(C)C(=O)NCc4ccccn4)cc3c2CCNCCCCc2ccncc2)c1. The Balaban J connectivity index is 1.34. The molecule has 0 aliphatic heterocycles. The minimum atomic E-state index is -0.704. The Morgan fingerprint density at radius 2 is 1.65 bits per heavy atom. The number of fused-ring (bicyclic) bond motifs is 1. The van der Waals surface area contributed by atoms with Crippen LogP contribution in [0.25, 0.3) is 22.2 Å². The van der Waals surface area contributed by atoms with Crippen LogP contribution in [0, 0.1) is 13.8 Å². The molecule has 1 amide bonds. The van der Waals surface area contributed by atoms with Crippen LogP contribution in [-0.4, -0.2) is 33.9 Å². The van der Waals surface area contributed by atoms with Gasteiger partial charge in [-0.15, -0.1) is 0 Å². The van der Waals surface area contributed by atoms with E-state index in [-0.39, 0.29) is 5.91 Å². The van der Waals surface area contributed by atoms with Gasteiger partial charge in [0.1, 0.15) is 0 Å². The lowest BCUT2D eigenvalue weighted by Crippen LogP contribution is -2.39. The van der Waals surface area contributed by atoms with Crippen molar-refractivity contribution >= 4 is 16.8 Å². The molecule has 0 saturated heterocycles. The zero-order valence-corrected chi connectivity index (χ0v) is 25.8. The molecule has 0 aliphatic rings. The van der Waals surface area contributed by atoms with E-state index in [0.29, 0.717) is 6.54 Å². The maximum atomic E-state index is 13.4. The quantitative estimate of drug-likeness (QED) is 0.133. The summed E-state index contributed by atoms with van der Waals surface area (Å²) in [5.74, 6) is -0.0162. The van der Waals surface area contributed by atoms with Gasteiger partial charge in [0.2, 0.25) is 5.91 Å². The fraction of sp³-hybridized carbons (Fsp3) is 0.324. The molecule has 0 bridgehead atoms. The molecule has 3 heterocycles. The van der Waals surface area contributed by atoms with E-state index in [9.17, 15) is 4.79 Å². The summed E-state index contributed by atoms with van der Waals surface area (Å²) in [5.41, 5.74) is 9.72. The normalized spacial score (nSPS) is 11.6. The minimum absolute atomic E-state index is 0.0162. The summed E-state index contributed by atoms with van der Waals surface area (Å²) in [4.78, 5) is 25.6. The average molecular weight is 574 g/mol. The highest BCUT2D eigenvalue weighted by molar-refractivity contribution is 5.94. The van der Waals surface area contributed by atoms with Crippen LogP contribution in [0.5, 0.6) is 0 Å². The molecule has 6 nitrogen and oxygen atoms in total. The molecule has 43 heavy (non-hydrogen) atoms. The van der Waals surface area contributed by atoms with E-state index in [1.54, 1.807) is 6.20 Å². The van der Waals surface area contributed by atoms with Crippen LogP contribution in [0.15, 0.2) is 85.3 Å². The zero-order chi connectivity index (χ0) is 30.2. The highest BCUT2D eigenvalue weighted by Gasteiger charge is 2.30. The summed E-state index contributed by atoms with van der Waals surface area (Å²) in [7, 11) is 0. The molecule has 222 valence electrons. The molecule has 0 spiro atoms. The summed E-state index contributed by atoms with van der Waals surface area (Å²) < 4.78 is 0. The van der Waals surface area contributed by atoms with E-state index < -0.39 is 5.41 Å². The lowest BCUT2D eigenvalue weighted by molar-refractivity contribution is -0.125. The molecule has 3 aromatic heterocycles. The fourth-order valence-corrected chi connectivity index (χ4v) is 5.75. The highest BCUT2D eigenvalue weighted by atomic mass is 16.2. The van der Waals surface area contributed by atoms with Crippen LogP contribution in [0.3, 0.4) is 0 Å². The number of aromatic nitrogens is 3. The van der Waals surface area contributed by atoms with Crippen LogP contribution in [0.2, 0.25) is 0 Å². The molecule has 6 heteroatoms. The van der Waals surface area contributed by atoms with Crippen molar-refractivity contribution in [3.05, 3.63) is 119 Å². The summed E-state index contributed by atoms with van der Waals surface area (Å²) in [6, 6.07) is 23.1. The van der Waals surface area contributed by atoms with Gasteiger partial charge in [-0.1, -0.05) is 29.3 Å². The lowest BCUT2D eigenvalue weighted by atomic mass is 9.82. The Morgan fingerprint density at radius 3 is 2.40 bits per heavy atom. The van der Waals surface area contributed by atoms with E-state index in [1.165, 1.54) is 33.2 Å². The van der Waals surface area contributed by atoms with Crippen molar-refractivity contribution in [1.82, 2.24) is 25.6 Å². The number of amides is 1. The Labute approximate surface area is 255 Å². The van der Waals surface area contributed by atoms with Crippen LogP contribution in [0.1, 0.15) is 60.2 Å². The molecule has 0 saturated carbocycles. The Bertz CT molecular complexity index is 1640. The van der Waals surface area contributed by atoms with Gasteiger partial charge in [-0.3, -0.25) is 14.8 Å². The topological polar surface area (TPSA) is 82.7 Å². The van der Waals surface area contributed by atoms with Gasteiger partial charge >= 0.3 is 0 Å². The van der Waals surface area contributed by atoms with Gasteiger partial charge in [-0.2, -0.15) is 0 Å². The summed E-state index contributed by atoms with van der Waals surface area (Å²) in [6.45, 7) is 10.6. The second-order valence-corrected chi connectivity index (χ2v) is 12.1. The molecule has 0 fully saturated rings. The van der Waals surface area contributed by atoms with Gasteiger partial charge in [0.25, 0.3) is 0 Å². The van der Waals surface area contributed by atoms with Crippen molar-refractivity contribution in [1.29, 1.82) is 0 Å². The number of aryl methyl sites for hydroxylation is 3. The maximum Gasteiger partial charge on any atom is 0.230 e. The van der Waals surface area contributed by atoms with Gasteiger partial charge in [-0.05, 0) is 137 Å². The van der Waals surface area contributed by atoms with Crippen molar-refractivity contribution in [2.45, 2.75) is 65.3 Å². The van der Waals surface area contributed by atoms with E-state index in [4.69, 9.17) is 0 Å². The van der Waals surface area contributed by atoms with E-state index >= 15 is 0 Å². The monoisotopic (exact) mass is 573 g/mol. The number of carbonyl (C=O) groups excluding carboxylic acids is 1. The second kappa shape index (κ2) is 13.8. The molecule has 3 N–H and O–H groups in total. The number of hydrogen-bond donors (Lipinski definition) is 3. The van der Waals surface area contributed by atoms with Gasteiger partial charge in [0.15, 0.2) is 0 Å². The van der Waals surface area contributed by atoms with Crippen LogP contribution in [0.4, 0.5) is 0 Å². The van der Waals surface area contributed by atoms with Gasteiger partial charge in [-0.25, -0.2) is 0 Å². The molecule has 0 unspecified atom stereocenters. The van der Waals surface area contributed by atoms with Gasteiger partial charge < -0.3 is 15.6 Å². The van der Waals surface area contributed by atoms with Crippen molar-refractivity contribution < 1.29 is 4.79 Å².